The molecule has 1 aliphatic carbocycles. The minimum atomic E-state index is -5.08. The van der Waals surface area contributed by atoms with E-state index < -0.39 is 20.1 Å². The van der Waals surface area contributed by atoms with Gasteiger partial charge in [-0.25, -0.2) is 0 Å². The lowest BCUT2D eigenvalue weighted by molar-refractivity contribution is 0.333. The van der Waals surface area contributed by atoms with Gasteiger partial charge in [-0.2, -0.15) is 12.6 Å². The molecule has 2 aliphatic rings. The van der Waals surface area contributed by atoms with Crippen LogP contribution in [-0.2, 0) is 9.13 Å². The highest BCUT2D eigenvalue weighted by Gasteiger charge is 2.59. The fraction of sp³-hybridized carbons (Fsp3) is 0.500. The highest BCUT2D eigenvalue weighted by molar-refractivity contribution is 7.80. The van der Waals surface area contributed by atoms with Crippen LogP contribution in [0.3, 0.4) is 0 Å². The molecule has 0 radical (unpaired) electrons. The van der Waals surface area contributed by atoms with Gasteiger partial charge in [0.1, 0.15) is 0 Å². The summed E-state index contributed by atoms with van der Waals surface area (Å²) in [5.41, 5.74) is 1.79. The first-order valence-electron chi connectivity index (χ1n) is 6.72. The number of nitrogens with one attached hydrogen (secondary N) is 1. The summed E-state index contributed by atoms with van der Waals surface area (Å²) < 4.78 is 23.4. The van der Waals surface area contributed by atoms with Gasteiger partial charge in [-0.05, 0) is 42.7 Å². The summed E-state index contributed by atoms with van der Waals surface area (Å²) >= 11 is 4.14. The zero-order chi connectivity index (χ0) is 16.6. The van der Waals surface area contributed by atoms with Crippen LogP contribution in [0, 0.1) is 0 Å². The number of hydrogen-bond acceptors (Lipinski definition) is 4. The number of allylic oxidation sites excluding steroid dienone is 3. The van der Waals surface area contributed by atoms with E-state index in [2.05, 4.69) is 17.9 Å². The Bertz CT molecular complexity index is 622. The Morgan fingerprint density at radius 3 is 2.32 bits per heavy atom. The predicted octanol–water partition coefficient (Wildman–Crippen LogP) is 1.49. The maximum atomic E-state index is 11.7. The molecule has 7 nitrogen and oxygen atoms in total. The molecule has 0 aromatic heterocycles. The minimum absolute atomic E-state index is 0.351. The number of hydrogen-bond donors (Lipinski definition) is 6. The van der Waals surface area contributed by atoms with E-state index in [9.17, 15) is 28.7 Å². The van der Waals surface area contributed by atoms with Crippen molar-refractivity contribution in [3.8, 4) is 0 Å². The van der Waals surface area contributed by atoms with Crippen molar-refractivity contribution in [2.75, 3.05) is 12.3 Å². The quantitative estimate of drug-likeness (QED) is 0.239. The second-order valence-electron chi connectivity index (χ2n) is 5.37. The van der Waals surface area contributed by atoms with E-state index in [0.717, 1.165) is 42.7 Å². The molecule has 1 aliphatic heterocycles. The summed E-state index contributed by atoms with van der Waals surface area (Å²) in [5, 5.41) is 2.98. The fourth-order valence-electron chi connectivity index (χ4n) is 2.53. The Labute approximate surface area is 133 Å². The van der Waals surface area contributed by atoms with Gasteiger partial charge >= 0.3 is 15.2 Å². The van der Waals surface area contributed by atoms with Gasteiger partial charge in [0.05, 0.1) is 0 Å². The molecule has 0 aromatic rings. The van der Waals surface area contributed by atoms with Gasteiger partial charge in [-0.15, -0.1) is 0 Å². The average molecular weight is 367 g/mol. The summed E-state index contributed by atoms with van der Waals surface area (Å²) in [6, 6.07) is 0. The van der Waals surface area contributed by atoms with Crippen molar-refractivity contribution in [3.63, 3.8) is 0 Å². The van der Waals surface area contributed by atoms with E-state index in [0.29, 0.717) is 17.8 Å². The first-order valence-corrected chi connectivity index (χ1v) is 10.6. The van der Waals surface area contributed by atoms with Crippen LogP contribution in [-0.4, -0.2) is 36.8 Å². The summed E-state index contributed by atoms with van der Waals surface area (Å²) in [6.45, 7) is 0.494. The third kappa shape index (κ3) is 3.29. The number of thiol groups is 1. The molecule has 2 rings (SSSR count). The van der Waals surface area contributed by atoms with E-state index in [1.54, 1.807) is 6.08 Å². The maximum Gasteiger partial charge on any atom is 0.351 e. The standard InChI is InChI=1S/C12H19NO6P2S/c14-20(15,16)12(21(17,18)19)6-10-5-9(3-1-2-4-22)8-13-11(10)7-12/h5-7,13,22H,1-4,8H2,(H2,14,15,16)(H2,17,18,19). The Balaban J connectivity index is 2.37. The lowest BCUT2D eigenvalue weighted by Crippen LogP contribution is -2.23. The molecule has 0 saturated heterocycles. The number of rotatable bonds is 6. The third-order valence-corrected chi connectivity index (χ3v) is 8.00. The normalized spacial score (nSPS) is 20.7. The van der Waals surface area contributed by atoms with Crippen LogP contribution in [0.1, 0.15) is 19.3 Å². The van der Waals surface area contributed by atoms with Crippen molar-refractivity contribution in [3.05, 3.63) is 35.1 Å². The van der Waals surface area contributed by atoms with Gasteiger partial charge in [0.25, 0.3) is 0 Å². The van der Waals surface area contributed by atoms with Gasteiger partial charge in [0.15, 0.2) is 0 Å². The first-order chi connectivity index (χ1) is 10.1. The van der Waals surface area contributed by atoms with Gasteiger partial charge < -0.3 is 24.9 Å². The monoisotopic (exact) mass is 367 g/mol. The molecular weight excluding hydrogens is 348 g/mol. The molecule has 0 saturated carbocycles. The molecule has 0 atom stereocenters. The highest BCUT2D eigenvalue weighted by Crippen LogP contribution is 2.72. The molecule has 0 unspecified atom stereocenters. The zero-order valence-electron chi connectivity index (χ0n) is 11.7. The summed E-state index contributed by atoms with van der Waals surface area (Å²) in [6.07, 6.45) is 6.40. The van der Waals surface area contributed by atoms with Gasteiger partial charge in [-0.1, -0.05) is 11.6 Å². The zero-order valence-corrected chi connectivity index (χ0v) is 14.4. The van der Waals surface area contributed by atoms with Crippen molar-refractivity contribution in [1.82, 2.24) is 5.32 Å². The molecule has 10 heteroatoms. The number of unbranched alkanes of at least 4 members (excludes halogenated alkanes) is 1. The lowest BCUT2D eigenvalue weighted by Gasteiger charge is -2.26. The van der Waals surface area contributed by atoms with E-state index in [1.165, 1.54) is 0 Å². The van der Waals surface area contributed by atoms with Crippen molar-refractivity contribution < 1.29 is 28.7 Å². The van der Waals surface area contributed by atoms with Crippen LogP contribution in [0.4, 0.5) is 0 Å². The van der Waals surface area contributed by atoms with Crippen LogP contribution < -0.4 is 5.32 Å². The Morgan fingerprint density at radius 1 is 1.14 bits per heavy atom. The van der Waals surface area contributed by atoms with Crippen molar-refractivity contribution >= 4 is 27.8 Å². The Hall–Kier alpha value is -0.330. The summed E-state index contributed by atoms with van der Waals surface area (Å²) in [5.74, 6) is 0.786. The lowest BCUT2D eigenvalue weighted by atomic mass is 10.0. The van der Waals surface area contributed by atoms with Gasteiger partial charge in [0.2, 0.25) is 4.90 Å². The molecule has 0 bridgehead atoms. The molecule has 5 N–H and O–H groups in total. The van der Waals surface area contributed by atoms with Crippen LogP contribution in [0.15, 0.2) is 35.1 Å². The molecule has 1 heterocycles. The molecule has 0 spiro atoms. The van der Waals surface area contributed by atoms with E-state index in [4.69, 9.17) is 0 Å². The highest BCUT2D eigenvalue weighted by atomic mass is 32.1. The summed E-state index contributed by atoms with van der Waals surface area (Å²) in [4.78, 5) is 35.3. The van der Waals surface area contributed by atoms with Gasteiger partial charge in [-0.3, -0.25) is 9.13 Å². The smallest absolute Gasteiger partial charge is 0.351 e. The van der Waals surface area contributed by atoms with Crippen LogP contribution in [0.25, 0.3) is 0 Å². The molecule has 0 amide bonds. The molecule has 124 valence electrons. The van der Waals surface area contributed by atoms with E-state index in [-0.39, 0.29) is 0 Å². The Kier molecular flexibility index (Phi) is 5.15. The van der Waals surface area contributed by atoms with Crippen LogP contribution >= 0.6 is 27.8 Å². The van der Waals surface area contributed by atoms with Gasteiger partial charge in [0, 0.05) is 12.2 Å². The minimum Gasteiger partial charge on any atom is -0.381 e. The topological polar surface area (TPSA) is 127 Å². The van der Waals surface area contributed by atoms with Crippen molar-refractivity contribution in [2.24, 2.45) is 0 Å². The predicted molar refractivity (Wildman–Crippen MR) is 86.8 cm³/mol. The first kappa shape index (κ1) is 18.0. The molecular formula is C12H19NO6P2S. The Morgan fingerprint density at radius 2 is 1.77 bits per heavy atom. The summed E-state index contributed by atoms with van der Waals surface area (Å²) in [7, 11) is -10.2. The second-order valence-corrected chi connectivity index (χ2v) is 9.82. The maximum absolute atomic E-state index is 11.7. The SMILES string of the molecule is O=P(O)(O)C1(P(=O)(O)O)C=C2C=C(CCCCS)CNC2=C1. The van der Waals surface area contributed by atoms with E-state index >= 15 is 0 Å². The molecule has 0 aromatic carbocycles. The third-order valence-electron chi connectivity index (χ3n) is 3.74. The fourth-order valence-corrected chi connectivity index (χ4v) is 5.32. The second kappa shape index (κ2) is 6.29. The largest absolute Gasteiger partial charge is 0.381 e. The van der Waals surface area contributed by atoms with Crippen molar-refractivity contribution in [1.29, 1.82) is 0 Å². The number of fused-ring (bicyclic) bond motifs is 1. The average Bonchev–Trinajstić information content (AvgIpc) is 2.78. The van der Waals surface area contributed by atoms with Crippen LogP contribution in [0.5, 0.6) is 0 Å². The van der Waals surface area contributed by atoms with Crippen LogP contribution in [0.2, 0.25) is 0 Å². The molecule has 22 heavy (non-hydrogen) atoms. The van der Waals surface area contributed by atoms with E-state index in [1.807, 2.05) is 0 Å². The van der Waals surface area contributed by atoms with Crippen molar-refractivity contribution in [2.45, 2.75) is 24.2 Å². The molecule has 0 fully saturated rings.